The fraction of sp³-hybridized carbons (Fsp3) is 0.333. The second-order valence-electron chi connectivity index (χ2n) is 4.40. The summed E-state index contributed by atoms with van der Waals surface area (Å²) in [6.45, 7) is 4.82. The first kappa shape index (κ1) is 12.4. The highest BCUT2D eigenvalue weighted by atomic mass is 16.2. The van der Waals surface area contributed by atoms with Gasteiger partial charge in [-0.05, 0) is 17.7 Å². The van der Waals surface area contributed by atoms with Gasteiger partial charge in [0, 0.05) is 12.6 Å². The van der Waals surface area contributed by atoms with Crippen LogP contribution in [-0.4, -0.2) is 20.8 Å². The summed E-state index contributed by atoms with van der Waals surface area (Å²) in [5, 5.41) is 7.80. The molecule has 18 heavy (non-hydrogen) atoms. The number of aromatic amines is 2. The van der Waals surface area contributed by atoms with Gasteiger partial charge in [-0.25, -0.2) is 24.4 Å². The van der Waals surface area contributed by atoms with Crippen molar-refractivity contribution in [3.63, 3.8) is 0 Å². The monoisotopic (exact) mass is 248 g/mol. The number of hydrogen-bond acceptors (Lipinski definition) is 3. The van der Waals surface area contributed by atoms with E-state index in [9.17, 15) is 9.59 Å². The van der Waals surface area contributed by atoms with Crippen molar-refractivity contribution in [2.24, 2.45) is 0 Å². The SMILES string of the molecule is CC(C)NCc1cccc(-n2c(=O)[nH][nH]c2=O)c1. The van der Waals surface area contributed by atoms with Crippen molar-refractivity contribution in [2.45, 2.75) is 26.4 Å². The molecule has 6 heteroatoms. The first-order valence-corrected chi connectivity index (χ1v) is 5.80. The molecule has 0 aliphatic carbocycles. The molecule has 0 spiro atoms. The molecule has 0 atom stereocenters. The second-order valence-corrected chi connectivity index (χ2v) is 4.40. The summed E-state index contributed by atoms with van der Waals surface area (Å²) in [6.07, 6.45) is 0. The predicted molar refractivity (Wildman–Crippen MR) is 69.0 cm³/mol. The lowest BCUT2D eigenvalue weighted by molar-refractivity contribution is 0.588. The Balaban J connectivity index is 2.33. The molecular formula is C12H16N4O2. The van der Waals surface area contributed by atoms with Crippen LogP contribution in [0.3, 0.4) is 0 Å². The Morgan fingerprint density at radius 3 is 2.50 bits per heavy atom. The summed E-state index contributed by atoms with van der Waals surface area (Å²) in [5.41, 5.74) is 0.655. The van der Waals surface area contributed by atoms with Gasteiger partial charge < -0.3 is 5.32 Å². The second kappa shape index (κ2) is 5.05. The highest BCUT2D eigenvalue weighted by Crippen LogP contribution is 2.07. The summed E-state index contributed by atoms with van der Waals surface area (Å²) in [7, 11) is 0. The largest absolute Gasteiger partial charge is 0.348 e. The first-order valence-electron chi connectivity index (χ1n) is 5.80. The van der Waals surface area contributed by atoms with Crippen LogP contribution in [0.1, 0.15) is 19.4 Å². The van der Waals surface area contributed by atoms with E-state index in [2.05, 4.69) is 29.4 Å². The van der Waals surface area contributed by atoms with Crippen LogP contribution in [0.5, 0.6) is 0 Å². The maximum atomic E-state index is 11.5. The van der Waals surface area contributed by atoms with Gasteiger partial charge in [0.25, 0.3) is 0 Å². The maximum absolute atomic E-state index is 11.5. The minimum absolute atomic E-state index is 0.382. The summed E-state index contributed by atoms with van der Waals surface area (Å²) in [5.74, 6) is 0. The van der Waals surface area contributed by atoms with Gasteiger partial charge in [-0.3, -0.25) is 0 Å². The molecule has 0 fully saturated rings. The van der Waals surface area contributed by atoms with Crippen molar-refractivity contribution in [3.8, 4) is 5.69 Å². The van der Waals surface area contributed by atoms with Crippen molar-refractivity contribution >= 4 is 0 Å². The summed E-state index contributed by atoms with van der Waals surface area (Å²) in [4.78, 5) is 23.0. The number of benzene rings is 1. The van der Waals surface area contributed by atoms with E-state index in [4.69, 9.17) is 0 Å². The van der Waals surface area contributed by atoms with Crippen molar-refractivity contribution in [1.82, 2.24) is 20.1 Å². The van der Waals surface area contributed by atoms with Crippen molar-refractivity contribution < 1.29 is 0 Å². The highest BCUT2D eigenvalue weighted by Gasteiger charge is 2.06. The van der Waals surface area contributed by atoms with Crippen LogP contribution in [0, 0.1) is 0 Å². The number of nitrogens with one attached hydrogen (secondary N) is 3. The number of H-pyrrole nitrogens is 2. The maximum Gasteiger partial charge on any atom is 0.348 e. The van der Waals surface area contributed by atoms with Crippen LogP contribution < -0.4 is 16.7 Å². The Kier molecular flexibility index (Phi) is 3.47. The Morgan fingerprint density at radius 1 is 1.22 bits per heavy atom. The molecule has 0 amide bonds. The average Bonchev–Trinajstić information content (AvgIpc) is 2.67. The van der Waals surface area contributed by atoms with Gasteiger partial charge in [0.1, 0.15) is 0 Å². The van der Waals surface area contributed by atoms with E-state index in [1.807, 2.05) is 18.2 Å². The molecule has 1 aromatic carbocycles. The zero-order chi connectivity index (χ0) is 13.1. The molecule has 2 rings (SSSR count). The van der Waals surface area contributed by atoms with Crippen LogP contribution in [0.25, 0.3) is 5.69 Å². The summed E-state index contributed by atoms with van der Waals surface area (Å²) in [6, 6.07) is 7.70. The van der Waals surface area contributed by atoms with E-state index in [1.165, 1.54) is 0 Å². The van der Waals surface area contributed by atoms with Crippen molar-refractivity contribution in [1.29, 1.82) is 0 Å². The lowest BCUT2D eigenvalue weighted by atomic mass is 10.2. The number of aromatic nitrogens is 3. The lowest BCUT2D eigenvalue weighted by Crippen LogP contribution is -2.25. The summed E-state index contributed by atoms with van der Waals surface area (Å²) >= 11 is 0. The van der Waals surface area contributed by atoms with Crippen LogP contribution in [0.15, 0.2) is 33.9 Å². The van der Waals surface area contributed by atoms with E-state index in [1.54, 1.807) is 6.07 Å². The molecule has 0 aliphatic rings. The molecule has 2 aromatic rings. The molecule has 1 heterocycles. The molecule has 0 radical (unpaired) electrons. The fourth-order valence-electron chi connectivity index (χ4n) is 1.67. The van der Waals surface area contributed by atoms with E-state index in [-0.39, 0.29) is 0 Å². The third-order valence-corrected chi connectivity index (χ3v) is 2.57. The summed E-state index contributed by atoms with van der Waals surface area (Å²) < 4.78 is 1.07. The minimum Gasteiger partial charge on any atom is -0.310 e. The third-order valence-electron chi connectivity index (χ3n) is 2.57. The molecular weight excluding hydrogens is 232 g/mol. The van der Waals surface area contributed by atoms with E-state index < -0.39 is 11.4 Å². The normalized spacial score (nSPS) is 11.1. The molecule has 0 aliphatic heterocycles. The topological polar surface area (TPSA) is 82.7 Å². The zero-order valence-electron chi connectivity index (χ0n) is 10.4. The smallest absolute Gasteiger partial charge is 0.310 e. The van der Waals surface area contributed by atoms with Gasteiger partial charge in [-0.15, -0.1) is 0 Å². The highest BCUT2D eigenvalue weighted by molar-refractivity contribution is 5.35. The van der Waals surface area contributed by atoms with Crippen LogP contribution in [-0.2, 0) is 6.54 Å². The van der Waals surface area contributed by atoms with Gasteiger partial charge >= 0.3 is 11.4 Å². The molecule has 0 saturated carbocycles. The number of hydrogen-bond donors (Lipinski definition) is 3. The van der Waals surface area contributed by atoms with Crippen molar-refractivity contribution in [2.75, 3.05) is 0 Å². The lowest BCUT2D eigenvalue weighted by Gasteiger charge is -2.09. The predicted octanol–water partition coefficient (Wildman–Crippen LogP) is 0.352. The molecule has 1 aromatic heterocycles. The van der Waals surface area contributed by atoms with Crippen molar-refractivity contribution in [3.05, 3.63) is 50.8 Å². The molecule has 0 bridgehead atoms. The third kappa shape index (κ3) is 2.60. The van der Waals surface area contributed by atoms with Gasteiger partial charge in [0.05, 0.1) is 5.69 Å². The van der Waals surface area contributed by atoms with E-state index >= 15 is 0 Å². The van der Waals surface area contributed by atoms with Gasteiger partial charge in [-0.2, -0.15) is 0 Å². The average molecular weight is 248 g/mol. The first-order chi connectivity index (χ1) is 8.58. The Bertz CT molecular complexity index is 608. The van der Waals surface area contributed by atoms with E-state index in [0.717, 1.165) is 10.1 Å². The van der Waals surface area contributed by atoms with Gasteiger partial charge in [0.2, 0.25) is 0 Å². The molecule has 0 saturated heterocycles. The molecule has 3 N–H and O–H groups in total. The van der Waals surface area contributed by atoms with E-state index in [0.29, 0.717) is 18.3 Å². The Hall–Kier alpha value is -2.08. The van der Waals surface area contributed by atoms with Gasteiger partial charge in [-0.1, -0.05) is 26.0 Å². The standard InChI is InChI=1S/C12H16N4O2/c1-8(2)13-7-9-4-3-5-10(6-9)16-11(17)14-15-12(16)18/h3-6,8,13H,7H2,1-2H3,(H,14,17)(H,15,18). The number of nitrogens with zero attached hydrogens (tertiary/aromatic N) is 1. The molecule has 0 unspecified atom stereocenters. The van der Waals surface area contributed by atoms with Crippen LogP contribution in [0.2, 0.25) is 0 Å². The Labute approximate surface area is 104 Å². The minimum atomic E-state index is -0.464. The molecule has 6 nitrogen and oxygen atoms in total. The van der Waals surface area contributed by atoms with Crippen LogP contribution in [0.4, 0.5) is 0 Å². The zero-order valence-corrected chi connectivity index (χ0v) is 10.4. The Morgan fingerprint density at radius 2 is 1.89 bits per heavy atom. The molecule has 96 valence electrons. The number of rotatable bonds is 4. The quantitative estimate of drug-likeness (QED) is 0.730. The van der Waals surface area contributed by atoms with Gasteiger partial charge in [0.15, 0.2) is 0 Å². The van der Waals surface area contributed by atoms with Crippen LogP contribution >= 0.6 is 0 Å². The fourth-order valence-corrected chi connectivity index (χ4v) is 1.67.